The highest BCUT2D eigenvalue weighted by Gasteiger charge is 2.06. The highest BCUT2D eigenvalue weighted by atomic mass is 32.1. The maximum absolute atomic E-state index is 5.78. The van der Waals surface area contributed by atoms with Gasteiger partial charge in [-0.25, -0.2) is 4.98 Å². The normalized spacial score (nSPS) is 10.6. The van der Waals surface area contributed by atoms with Crippen LogP contribution in [0, 0.1) is 6.92 Å². The van der Waals surface area contributed by atoms with Crippen LogP contribution in [0.25, 0.3) is 0 Å². The minimum atomic E-state index is 0.493. The Hall–Kier alpha value is -1.46. The summed E-state index contributed by atoms with van der Waals surface area (Å²) < 4.78 is 5.78. The fraction of sp³-hybridized carbons (Fsp3) is 0.385. The van der Waals surface area contributed by atoms with Crippen molar-refractivity contribution in [1.82, 2.24) is 15.3 Å². The van der Waals surface area contributed by atoms with Crippen LogP contribution in [0.3, 0.4) is 0 Å². The maximum atomic E-state index is 5.78. The summed E-state index contributed by atoms with van der Waals surface area (Å²) in [4.78, 5) is 8.70. The van der Waals surface area contributed by atoms with Crippen LogP contribution in [0.4, 0.5) is 0 Å². The second kappa shape index (κ2) is 6.47. The number of nitrogens with one attached hydrogen (secondary N) is 1. The van der Waals surface area contributed by atoms with Crippen molar-refractivity contribution in [3.05, 3.63) is 40.1 Å². The van der Waals surface area contributed by atoms with E-state index in [0.717, 1.165) is 35.9 Å². The summed E-state index contributed by atoms with van der Waals surface area (Å²) in [6.45, 7) is 6.20. The van der Waals surface area contributed by atoms with Gasteiger partial charge in [0.05, 0.1) is 16.9 Å². The summed E-state index contributed by atoms with van der Waals surface area (Å²) in [5.74, 6) is 0.828. The molecule has 0 spiro atoms. The molecule has 18 heavy (non-hydrogen) atoms. The van der Waals surface area contributed by atoms with Crippen molar-refractivity contribution in [2.24, 2.45) is 0 Å². The molecule has 0 fully saturated rings. The first-order chi connectivity index (χ1) is 8.79. The Kier molecular flexibility index (Phi) is 4.66. The van der Waals surface area contributed by atoms with E-state index in [4.69, 9.17) is 4.74 Å². The number of thiazole rings is 1. The summed E-state index contributed by atoms with van der Waals surface area (Å²) in [6.07, 6.45) is 0. The van der Waals surface area contributed by atoms with Gasteiger partial charge < -0.3 is 10.1 Å². The molecule has 0 aliphatic rings. The van der Waals surface area contributed by atoms with Crippen LogP contribution < -0.4 is 10.1 Å². The summed E-state index contributed by atoms with van der Waals surface area (Å²) >= 11 is 1.58. The zero-order valence-corrected chi connectivity index (χ0v) is 11.5. The van der Waals surface area contributed by atoms with Crippen LogP contribution in [0.5, 0.6) is 5.75 Å². The summed E-state index contributed by atoms with van der Waals surface area (Å²) in [7, 11) is 0. The molecule has 0 aromatic carbocycles. The molecule has 0 aliphatic carbocycles. The van der Waals surface area contributed by atoms with Gasteiger partial charge in [-0.2, -0.15) is 0 Å². The molecular formula is C13H17N3OS. The molecule has 0 bridgehead atoms. The summed E-state index contributed by atoms with van der Waals surface area (Å²) in [5.41, 5.74) is 4.72. The number of nitrogens with zero attached hydrogens (tertiary/aromatic N) is 2. The van der Waals surface area contributed by atoms with Crippen molar-refractivity contribution in [2.45, 2.75) is 27.0 Å². The second-order valence-corrected chi connectivity index (χ2v) is 4.66. The minimum absolute atomic E-state index is 0.493. The molecule has 2 rings (SSSR count). The van der Waals surface area contributed by atoms with E-state index in [0.29, 0.717) is 6.61 Å². The van der Waals surface area contributed by atoms with Gasteiger partial charge >= 0.3 is 0 Å². The average molecular weight is 263 g/mol. The van der Waals surface area contributed by atoms with Crippen LogP contribution in [-0.4, -0.2) is 16.5 Å². The lowest BCUT2D eigenvalue weighted by Gasteiger charge is -2.11. The molecule has 2 aromatic heterocycles. The number of rotatable bonds is 6. The number of pyridine rings is 1. The first-order valence-corrected chi connectivity index (χ1v) is 6.91. The van der Waals surface area contributed by atoms with Crippen molar-refractivity contribution in [3.63, 3.8) is 0 Å². The highest BCUT2D eigenvalue weighted by Crippen LogP contribution is 2.18. The quantitative estimate of drug-likeness (QED) is 0.870. The van der Waals surface area contributed by atoms with E-state index in [1.165, 1.54) is 0 Å². The topological polar surface area (TPSA) is 47.0 Å². The fourth-order valence-electron chi connectivity index (χ4n) is 1.56. The van der Waals surface area contributed by atoms with Crippen LogP contribution in [-0.2, 0) is 13.2 Å². The third kappa shape index (κ3) is 3.51. The van der Waals surface area contributed by atoms with Crippen LogP contribution >= 0.6 is 11.3 Å². The van der Waals surface area contributed by atoms with E-state index >= 15 is 0 Å². The minimum Gasteiger partial charge on any atom is -0.485 e. The predicted molar refractivity (Wildman–Crippen MR) is 72.8 cm³/mol. The van der Waals surface area contributed by atoms with Gasteiger partial charge in [-0.1, -0.05) is 6.92 Å². The van der Waals surface area contributed by atoms with Gasteiger partial charge in [-0.05, 0) is 25.6 Å². The van der Waals surface area contributed by atoms with E-state index < -0.39 is 0 Å². The largest absolute Gasteiger partial charge is 0.485 e. The van der Waals surface area contributed by atoms with Gasteiger partial charge in [-0.3, -0.25) is 4.98 Å². The lowest BCUT2D eigenvalue weighted by atomic mass is 10.3. The molecular weight excluding hydrogens is 246 g/mol. The summed E-state index contributed by atoms with van der Waals surface area (Å²) in [6, 6.07) is 3.94. The highest BCUT2D eigenvalue weighted by molar-refractivity contribution is 7.07. The van der Waals surface area contributed by atoms with Crippen LogP contribution in [0.2, 0.25) is 0 Å². The molecule has 0 saturated heterocycles. The SMILES string of the molecule is CCNCc1nc(C)ccc1OCc1cscn1. The van der Waals surface area contributed by atoms with Gasteiger partial charge in [-0.15, -0.1) is 11.3 Å². The fourth-order valence-corrected chi connectivity index (χ4v) is 2.10. The van der Waals surface area contributed by atoms with Crippen molar-refractivity contribution < 1.29 is 4.74 Å². The molecule has 0 saturated carbocycles. The van der Waals surface area contributed by atoms with Crippen molar-refractivity contribution >= 4 is 11.3 Å². The van der Waals surface area contributed by atoms with Gasteiger partial charge in [0.25, 0.3) is 0 Å². The van der Waals surface area contributed by atoms with Gasteiger partial charge in [0.15, 0.2) is 0 Å². The Morgan fingerprint density at radius 3 is 3.00 bits per heavy atom. The molecule has 0 radical (unpaired) electrons. The smallest absolute Gasteiger partial charge is 0.142 e. The molecule has 96 valence electrons. The molecule has 2 aromatic rings. The number of hydrogen-bond donors (Lipinski definition) is 1. The molecule has 4 nitrogen and oxygen atoms in total. The lowest BCUT2D eigenvalue weighted by Crippen LogP contribution is -2.14. The Balaban J connectivity index is 2.05. The van der Waals surface area contributed by atoms with E-state index in [1.54, 1.807) is 11.3 Å². The van der Waals surface area contributed by atoms with Crippen molar-refractivity contribution in [3.8, 4) is 5.75 Å². The van der Waals surface area contributed by atoms with E-state index in [1.807, 2.05) is 29.9 Å². The Bertz CT molecular complexity index is 485. The maximum Gasteiger partial charge on any atom is 0.142 e. The third-order valence-electron chi connectivity index (χ3n) is 2.47. The Morgan fingerprint density at radius 1 is 1.39 bits per heavy atom. The lowest BCUT2D eigenvalue weighted by molar-refractivity contribution is 0.296. The molecule has 5 heteroatoms. The number of aromatic nitrogens is 2. The molecule has 0 unspecified atom stereocenters. The zero-order valence-electron chi connectivity index (χ0n) is 10.6. The molecule has 2 heterocycles. The van der Waals surface area contributed by atoms with Crippen molar-refractivity contribution in [2.75, 3.05) is 6.54 Å². The van der Waals surface area contributed by atoms with E-state index in [-0.39, 0.29) is 0 Å². The first-order valence-electron chi connectivity index (χ1n) is 5.96. The molecule has 1 N–H and O–H groups in total. The van der Waals surface area contributed by atoms with E-state index in [9.17, 15) is 0 Å². The number of ether oxygens (including phenoxy) is 1. The standard InChI is InChI=1S/C13H17N3OS/c1-3-14-6-12-13(5-4-10(2)16-12)17-7-11-8-18-9-15-11/h4-5,8-9,14H,3,6-7H2,1-2H3. The monoisotopic (exact) mass is 263 g/mol. The number of aryl methyl sites for hydroxylation is 1. The zero-order chi connectivity index (χ0) is 12.8. The summed E-state index contributed by atoms with van der Waals surface area (Å²) in [5, 5.41) is 5.26. The second-order valence-electron chi connectivity index (χ2n) is 3.95. The van der Waals surface area contributed by atoms with Gasteiger partial charge in [0.2, 0.25) is 0 Å². The predicted octanol–water partition coefficient (Wildman–Crippen LogP) is 2.54. The third-order valence-corrected chi connectivity index (χ3v) is 3.11. The van der Waals surface area contributed by atoms with Crippen LogP contribution in [0.15, 0.2) is 23.0 Å². The van der Waals surface area contributed by atoms with Gasteiger partial charge in [0.1, 0.15) is 12.4 Å². The van der Waals surface area contributed by atoms with Crippen LogP contribution in [0.1, 0.15) is 24.0 Å². The Morgan fingerprint density at radius 2 is 2.28 bits per heavy atom. The molecule has 0 aliphatic heterocycles. The number of hydrogen-bond acceptors (Lipinski definition) is 5. The van der Waals surface area contributed by atoms with Gasteiger partial charge in [0, 0.05) is 17.6 Å². The molecule has 0 amide bonds. The van der Waals surface area contributed by atoms with E-state index in [2.05, 4.69) is 22.2 Å². The van der Waals surface area contributed by atoms with Crippen molar-refractivity contribution in [1.29, 1.82) is 0 Å². The average Bonchev–Trinajstić information content (AvgIpc) is 2.88. The first kappa shape index (κ1) is 13.0. The molecule has 0 atom stereocenters. The Labute approximate surface area is 111 Å².